The summed E-state index contributed by atoms with van der Waals surface area (Å²) in [4.78, 5) is 0.0829. The summed E-state index contributed by atoms with van der Waals surface area (Å²) in [5, 5.41) is 0. The van der Waals surface area contributed by atoms with E-state index in [0.29, 0.717) is 10.0 Å². The van der Waals surface area contributed by atoms with Gasteiger partial charge in [0.2, 0.25) is 0 Å². The second-order valence-corrected chi connectivity index (χ2v) is 4.57. The zero-order valence-electron chi connectivity index (χ0n) is 8.55. The van der Waals surface area contributed by atoms with Gasteiger partial charge < -0.3 is 10.5 Å². The van der Waals surface area contributed by atoms with Crippen molar-refractivity contribution in [2.24, 2.45) is 5.73 Å². The molecule has 0 radical (unpaired) electrons. The lowest BCUT2D eigenvalue weighted by molar-refractivity contribution is -0.139. The summed E-state index contributed by atoms with van der Waals surface area (Å²) in [5.74, 6) is 0.246. The monoisotopic (exact) mass is 327 g/mol. The van der Waals surface area contributed by atoms with E-state index in [1.165, 1.54) is 6.07 Å². The highest BCUT2D eigenvalue weighted by Crippen LogP contribution is 2.25. The molecule has 1 rings (SSSR count). The molecule has 0 bridgehead atoms. The van der Waals surface area contributed by atoms with Crippen LogP contribution < -0.4 is 10.5 Å². The van der Waals surface area contributed by atoms with Crippen LogP contribution in [0.2, 0.25) is 0 Å². The van der Waals surface area contributed by atoms with Crippen molar-refractivity contribution in [3.05, 3.63) is 28.2 Å². The number of halogens is 4. The summed E-state index contributed by atoms with van der Waals surface area (Å²) in [7, 11) is 0. The standard InChI is InChI=1S/C10H9BrF3NOS/c11-6-1-2-7(9(15)17)8(5-6)16-4-3-10(12,13)14/h1-2,5H,3-4H2,(H2,15,17). The third kappa shape index (κ3) is 4.91. The zero-order valence-corrected chi connectivity index (χ0v) is 11.0. The molecule has 17 heavy (non-hydrogen) atoms. The third-order valence-electron chi connectivity index (χ3n) is 1.85. The molecule has 0 aliphatic rings. The molecule has 0 heterocycles. The number of benzene rings is 1. The Hall–Kier alpha value is -0.820. The van der Waals surface area contributed by atoms with E-state index in [9.17, 15) is 13.2 Å². The van der Waals surface area contributed by atoms with E-state index in [1.54, 1.807) is 12.1 Å². The predicted octanol–water partition coefficient (Wildman–Crippen LogP) is 3.41. The van der Waals surface area contributed by atoms with E-state index in [4.69, 9.17) is 22.7 Å². The second-order valence-electron chi connectivity index (χ2n) is 3.22. The van der Waals surface area contributed by atoms with Crippen LogP contribution >= 0.6 is 28.1 Å². The minimum Gasteiger partial charge on any atom is -0.492 e. The predicted molar refractivity (Wildman–Crippen MR) is 66.2 cm³/mol. The van der Waals surface area contributed by atoms with Crippen molar-refractivity contribution in [2.75, 3.05) is 6.61 Å². The topological polar surface area (TPSA) is 35.2 Å². The molecule has 0 saturated heterocycles. The van der Waals surface area contributed by atoms with Crippen LogP contribution in [-0.2, 0) is 0 Å². The van der Waals surface area contributed by atoms with Crippen molar-refractivity contribution in [2.45, 2.75) is 12.6 Å². The molecule has 0 aromatic heterocycles. The number of rotatable bonds is 4. The Bertz CT molecular complexity index is 423. The Morgan fingerprint density at radius 1 is 1.41 bits per heavy atom. The number of ether oxygens (including phenoxy) is 1. The van der Waals surface area contributed by atoms with Gasteiger partial charge in [0.1, 0.15) is 10.7 Å². The van der Waals surface area contributed by atoms with Gasteiger partial charge in [0.05, 0.1) is 18.6 Å². The maximum atomic E-state index is 12.0. The van der Waals surface area contributed by atoms with Gasteiger partial charge in [-0.15, -0.1) is 0 Å². The normalized spacial score (nSPS) is 11.3. The first-order valence-corrected chi connectivity index (χ1v) is 5.78. The van der Waals surface area contributed by atoms with E-state index in [2.05, 4.69) is 15.9 Å². The molecule has 0 amide bonds. The number of hydrogen-bond donors (Lipinski definition) is 1. The molecule has 0 atom stereocenters. The molecule has 2 nitrogen and oxygen atoms in total. The van der Waals surface area contributed by atoms with Crippen molar-refractivity contribution in [3.63, 3.8) is 0 Å². The van der Waals surface area contributed by atoms with Crippen molar-refractivity contribution < 1.29 is 17.9 Å². The molecule has 0 aliphatic heterocycles. The SMILES string of the molecule is NC(=S)c1ccc(Br)cc1OCCC(F)(F)F. The van der Waals surface area contributed by atoms with Crippen LogP contribution in [-0.4, -0.2) is 17.8 Å². The van der Waals surface area contributed by atoms with Crippen LogP contribution in [0.4, 0.5) is 13.2 Å². The van der Waals surface area contributed by atoms with E-state index in [1.807, 2.05) is 0 Å². The fourth-order valence-electron chi connectivity index (χ4n) is 1.10. The van der Waals surface area contributed by atoms with E-state index >= 15 is 0 Å². The Kier molecular flexibility index (Phi) is 4.76. The minimum absolute atomic E-state index is 0.0829. The highest BCUT2D eigenvalue weighted by molar-refractivity contribution is 9.10. The van der Waals surface area contributed by atoms with Crippen molar-refractivity contribution in [1.82, 2.24) is 0 Å². The van der Waals surface area contributed by atoms with Crippen molar-refractivity contribution in [3.8, 4) is 5.75 Å². The smallest absolute Gasteiger partial charge is 0.392 e. The Morgan fingerprint density at radius 2 is 2.06 bits per heavy atom. The fourth-order valence-corrected chi connectivity index (χ4v) is 1.60. The van der Waals surface area contributed by atoms with Crippen LogP contribution in [0.25, 0.3) is 0 Å². The maximum Gasteiger partial charge on any atom is 0.392 e. The molecule has 2 N–H and O–H groups in total. The highest BCUT2D eigenvalue weighted by atomic mass is 79.9. The molecular weight excluding hydrogens is 319 g/mol. The van der Waals surface area contributed by atoms with Gasteiger partial charge in [-0.05, 0) is 18.2 Å². The Morgan fingerprint density at radius 3 is 2.59 bits per heavy atom. The van der Waals surface area contributed by atoms with Gasteiger partial charge in [0, 0.05) is 4.47 Å². The molecule has 1 aromatic carbocycles. The first-order valence-electron chi connectivity index (χ1n) is 4.58. The summed E-state index contributed by atoms with van der Waals surface area (Å²) >= 11 is 7.97. The lowest BCUT2D eigenvalue weighted by atomic mass is 10.2. The quantitative estimate of drug-likeness (QED) is 0.861. The van der Waals surface area contributed by atoms with Crippen molar-refractivity contribution in [1.29, 1.82) is 0 Å². The van der Waals surface area contributed by atoms with Crippen LogP contribution in [0.3, 0.4) is 0 Å². The largest absolute Gasteiger partial charge is 0.492 e. The highest BCUT2D eigenvalue weighted by Gasteiger charge is 2.27. The van der Waals surface area contributed by atoms with E-state index < -0.39 is 19.2 Å². The van der Waals surface area contributed by atoms with Gasteiger partial charge in [0.15, 0.2) is 0 Å². The summed E-state index contributed by atoms with van der Waals surface area (Å²) < 4.78 is 41.6. The van der Waals surface area contributed by atoms with Gasteiger partial charge in [0.25, 0.3) is 0 Å². The Balaban J connectivity index is 2.75. The summed E-state index contributed by atoms with van der Waals surface area (Å²) in [5.41, 5.74) is 5.86. The van der Waals surface area contributed by atoms with E-state index in [-0.39, 0.29) is 10.7 Å². The van der Waals surface area contributed by atoms with Gasteiger partial charge in [-0.3, -0.25) is 0 Å². The lowest BCUT2D eigenvalue weighted by Gasteiger charge is -2.12. The fraction of sp³-hybridized carbons (Fsp3) is 0.300. The molecule has 0 aliphatic carbocycles. The molecule has 0 saturated carbocycles. The lowest BCUT2D eigenvalue weighted by Crippen LogP contribution is -2.16. The molecule has 7 heteroatoms. The van der Waals surface area contributed by atoms with Crippen LogP contribution in [0.5, 0.6) is 5.75 Å². The molecule has 0 unspecified atom stereocenters. The van der Waals surface area contributed by atoms with Gasteiger partial charge in [-0.2, -0.15) is 13.2 Å². The van der Waals surface area contributed by atoms with Crippen LogP contribution in [0, 0.1) is 0 Å². The average molecular weight is 328 g/mol. The first-order chi connectivity index (χ1) is 7.79. The molecular formula is C10H9BrF3NOS. The summed E-state index contributed by atoms with van der Waals surface area (Å²) in [6, 6.07) is 4.81. The third-order valence-corrected chi connectivity index (χ3v) is 2.57. The maximum absolute atomic E-state index is 12.0. The molecule has 0 spiro atoms. The summed E-state index contributed by atoms with van der Waals surface area (Å²) in [6.07, 6.45) is -5.26. The number of hydrogen-bond acceptors (Lipinski definition) is 2. The van der Waals surface area contributed by atoms with E-state index in [0.717, 1.165) is 0 Å². The molecule has 1 aromatic rings. The van der Waals surface area contributed by atoms with Crippen LogP contribution in [0.1, 0.15) is 12.0 Å². The Labute approximate surface area is 110 Å². The second kappa shape index (κ2) is 5.68. The summed E-state index contributed by atoms with van der Waals surface area (Å²) in [6.45, 7) is -0.463. The number of nitrogens with two attached hydrogens (primary N) is 1. The zero-order chi connectivity index (χ0) is 13.1. The first kappa shape index (κ1) is 14.2. The van der Waals surface area contributed by atoms with Gasteiger partial charge in [-0.25, -0.2) is 0 Å². The van der Waals surface area contributed by atoms with Crippen molar-refractivity contribution >= 4 is 33.1 Å². The molecule has 0 fully saturated rings. The van der Waals surface area contributed by atoms with Gasteiger partial charge in [-0.1, -0.05) is 28.1 Å². The molecule has 94 valence electrons. The number of thiocarbonyl (C=S) groups is 1. The van der Waals surface area contributed by atoms with Gasteiger partial charge >= 0.3 is 6.18 Å². The number of alkyl halides is 3. The average Bonchev–Trinajstić information content (AvgIpc) is 2.15. The minimum atomic E-state index is -4.24. The van der Waals surface area contributed by atoms with Crippen LogP contribution in [0.15, 0.2) is 22.7 Å².